The van der Waals surface area contributed by atoms with Gasteiger partial charge in [0.25, 0.3) is 0 Å². The molecule has 0 bridgehead atoms. The molecule has 0 aliphatic heterocycles. The van der Waals surface area contributed by atoms with E-state index in [0.717, 1.165) is 4.31 Å². The molecule has 1 aromatic carbocycles. The third-order valence-corrected chi connectivity index (χ3v) is 4.47. The van der Waals surface area contributed by atoms with Crippen molar-refractivity contribution in [3.63, 3.8) is 0 Å². The molecule has 0 saturated heterocycles. The number of nitriles is 2. The van der Waals surface area contributed by atoms with Gasteiger partial charge in [0.05, 0.1) is 21.6 Å². The molecular formula is C11H10ClN3O2S. The molecule has 5 nitrogen and oxygen atoms in total. The van der Waals surface area contributed by atoms with Crippen molar-refractivity contribution in [1.29, 1.82) is 10.5 Å². The second-order valence-electron chi connectivity index (χ2n) is 3.49. The lowest BCUT2D eigenvalue weighted by Crippen LogP contribution is -2.27. The first kappa shape index (κ1) is 14.5. The molecule has 0 aliphatic carbocycles. The van der Waals surface area contributed by atoms with Crippen LogP contribution in [-0.2, 0) is 10.0 Å². The molecule has 1 aromatic rings. The summed E-state index contributed by atoms with van der Waals surface area (Å²) in [7, 11) is -2.28. The van der Waals surface area contributed by atoms with Gasteiger partial charge >= 0.3 is 0 Å². The highest BCUT2D eigenvalue weighted by Crippen LogP contribution is 2.22. The molecule has 7 heteroatoms. The van der Waals surface area contributed by atoms with Gasteiger partial charge in [0.15, 0.2) is 0 Å². The zero-order chi connectivity index (χ0) is 13.8. The summed E-state index contributed by atoms with van der Waals surface area (Å²) in [5.41, 5.74) is 0.218. The number of hydrogen-bond donors (Lipinski definition) is 0. The zero-order valence-corrected chi connectivity index (χ0v) is 11.2. The molecule has 0 atom stereocenters. The number of sulfonamides is 1. The minimum absolute atomic E-state index is 0.00643. The van der Waals surface area contributed by atoms with E-state index >= 15 is 0 Å². The summed E-state index contributed by atoms with van der Waals surface area (Å²) in [4.78, 5) is 0.00643. The summed E-state index contributed by atoms with van der Waals surface area (Å²) in [6, 6.07) is 7.64. The Hall–Kier alpha value is -1.60. The molecule has 1 rings (SSSR count). The van der Waals surface area contributed by atoms with Crippen LogP contribution in [0.15, 0.2) is 23.1 Å². The molecule has 0 radical (unpaired) electrons. The maximum absolute atomic E-state index is 12.1. The molecule has 0 heterocycles. The van der Waals surface area contributed by atoms with Crippen molar-refractivity contribution in [3.05, 3.63) is 28.8 Å². The van der Waals surface area contributed by atoms with Crippen LogP contribution in [0.25, 0.3) is 0 Å². The van der Waals surface area contributed by atoms with Crippen LogP contribution < -0.4 is 0 Å². The van der Waals surface area contributed by atoms with Crippen molar-refractivity contribution in [2.45, 2.75) is 11.3 Å². The number of rotatable bonds is 4. The molecule has 18 heavy (non-hydrogen) atoms. The summed E-state index contributed by atoms with van der Waals surface area (Å²) < 4.78 is 25.2. The van der Waals surface area contributed by atoms with Gasteiger partial charge in [-0.25, -0.2) is 8.42 Å². The third-order valence-electron chi connectivity index (χ3n) is 2.31. The standard InChI is InChI=1S/C11H10ClN3O2S/c1-15(6-2-5-13)18(16,17)10-4-3-9(8-14)11(12)7-10/h3-4,7H,2,6H2,1H3. The van der Waals surface area contributed by atoms with Crippen molar-refractivity contribution in [2.75, 3.05) is 13.6 Å². The minimum Gasteiger partial charge on any atom is -0.207 e. The summed E-state index contributed by atoms with van der Waals surface area (Å²) in [6.45, 7) is 0.108. The summed E-state index contributed by atoms with van der Waals surface area (Å²) in [6.07, 6.45) is 0.111. The molecule has 0 fully saturated rings. The van der Waals surface area contributed by atoms with Gasteiger partial charge in [-0.3, -0.25) is 0 Å². The van der Waals surface area contributed by atoms with E-state index in [-0.39, 0.29) is 28.4 Å². The van der Waals surface area contributed by atoms with Crippen LogP contribution in [0.1, 0.15) is 12.0 Å². The van der Waals surface area contributed by atoms with Crippen LogP contribution in [0.5, 0.6) is 0 Å². The van der Waals surface area contributed by atoms with Crippen molar-refractivity contribution in [1.82, 2.24) is 4.31 Å². The zero-order valence-electron chi connectivity index (χ0n) is 9.59. The molecule has 94 valence electrons. The Kier molecular flexibility index (Phi) is 4.69. The van der Waals surface area contributed by atoms with E-state index in [1.165, 1.54) is 25.2 Å². The van der Waals surface area contributed by atoms with E-state index in [1.807, 2.05) is 12.1 Å². The first-order valence-electron chi connectivity index (χ1n) is 4.96. The molecule has 0 aliphatic rings. The molecule has 0 spiro atoms. The maximum atomic E-state index is 12.1. The normalized spacial score (nSPS) is 10.9. The largest absolute Gasteiger partial charge is 0.242 e. The molecule has 0 unspecified atom stereocenters. The van der Waals surface area contributed by atoms with Gasteiger partial charge < -0.3 is 0 Å². The summed E-state index contributed by atoms with van der Waals surface area (Å²) >= 11 is 5.79. The average molecular weight is 284 g/mol. The lowest BCUT2D eigenvalue weighted by molar-refractivity contribution is 0.476. The molecule has 0 N–H and O–H groups in total. The van der Waals surface area contributed by atoms with Gasteiger partial charge in [-0.1, -0.05) is 11.6 Å². The van der Waals surface area contributed by atoms with Gasteiger partial charge in [0.1, 0.15) is 6.07 Å². The SMILES string of the molecule is CN(CCC#N)S(=O)(=O)c1ccc(C#N)c(Cl)c1. The number of halogens is 1. The van der Waals surface area contributed by atoms with Crippen LogP contribution in [-0.4, -0.2) is 26.3 Å². The van der Waals surface area contributed by atoms with Gasteiger partial charge in [0, 0.05) is 20.0 Å². The fourth-order valence-corrected chi connectivity index (χ4v) is 2.74. The monoisotopic (exact) mass is 283 g/mol. The third kappa shape index (κ3) is 2.99. The Morgan fingerprint density at radius 1 is 1.39 bits per heavy atom. The maximum Gasteiger partial charge on any atom is 0.242 e. The number of benzene rings is 1. The molecular weight excluding hydrogens is 274 g/mol. The van der Waals surface area contributed by atoms with Crippen molar-refractivity contribution in [2.24, 2.45) is 0 Å². The van der Waals surface area contributed by atoms with E-state index in [4.69, 9.17) is 22.1 Å². The van der Waals surface area contributed by atoms with Crippen LogP contribution in [0, 0.1) is 22.7 Å². The molecule has 0 aromatic heterocycles. The first-order chi connectivity index (χ1) is 8.43. The van der Waals surface area contributed by atoms with E-state index in [9.17, 15) is 8.42 Å². The minimum atomic E-state index is -3.67. The van der Waals surface area contributed by atoms with Crippen molar-refractivity contribution >= 4 is 21.6 Å². The van der Waals surface area contributed by atoms with Gasteiger partial charge in [0.2, 0.25) is 10.0 Å². The fraction of sp³-hybridized carbons (Fsp3) is 0.273. The average Bonchev–Trinajstić information content (AvgIpc) is 2.35. The summed E-state index contributed by atoms with van der Waals surface area (Å²) in [5, 5.41) is 17.2. The lowest BCUT2D eigenvalue weighted by atomic mass is 10.2. The highest BCUT2D eigenvalue weighted by molar-refractivity contribution is 7.89. The Labute approximate surface area is 111 Å². The van der Waals surface area contributed by atoms with Gasteiger partial charge in [-0.2, -0.15) is 14.8 Å². The topological polar surface area (TPSA) is 85.0 Å². The fourth-order valence-electron chi connectivity index (χ4n) is 1.25. The highest BCUT2D eigenvalue weighted by atomic mass is 35.5. The molecule has 0 amide bonds. The Morgan fingerprint density at radius 2 is 2.06 bits per heavy atom. The second-order valence-corrected chi connectivity index (χ2v) is 5.94. The lowest BCUT2D eigenvalue weighted by Gasteiger charge is -2.15. The van der Waals surface area contributed by atoms with Crippen LogP contribution >= 0.6 is 11.6 Å². The quantitative estimate of drug-likeness (QED) is 0.842. The second kappa shape index (κ2) is 5.83. The van der Waals surface area contributed by atoms with E-state index in [0.29, 0.717) is 0 Å². The number of nitrogens with zero attached hydrogens (tertiary/aromatic N) is 3. The number of hydrogen-bond acceptors (Lipinski definition) is 4. The van der Waals surface area contributed by atoms with E-state index in [1.54, 1.807) is 0 Å². The van der Waals surface area contributed by atoms with Crippen LogP contribution in [0.3, 0.4) is 0 Å². The Balaban J connectivity index is 3.11. The van der Waals surface area contributed by atoms with Gasteiger partial charge in [-0.15, -0.1) is 0 Å². The Bertz CT molecular complexity index is 629. The molecule has 0 saturated carbocycles. The first-order valence-corrected chi connectivity index (χ1v) is 6.78. The van der Waals surface area contributed by atoms with Crippen molar-refractivity contribution in [3.8, 4) is 12.1 Å². The smallest absolute Gasteiger partial charge is 0.207 e. The summed E-state index contributed by atoms with van der Waals surface area (Å²) in [5.74, 6) is 0. The van der Waals surface area contributed by atoms with Crippen LogP contribution in [0.2, 0.25) is 5.02 Å². The predicted molar refractivity (Wildman–Crippen MR) is 66.2 cm³/mol. The van der Waals surface area contributed by atoms with Crippen LogP contribution in [0.4, 0.5) is 0 Å². The Morgan fingerprint density at radius 3 is 2.56 bits per heavy atom. The van der Waals surface area contributed by atoms with Crippen molar-refractivity contribution < 1.29 is 8.42 Å². The van der Waals surface area contributed by atoms with Gasteiger partial charge in [-0.05, 0) is 18.2 Å². The highest BCUT2D eigenvalue weighted by Gasteiger charge is 2.21. The van der Waals surface area contributed by atoms with E-state index in [2.05, 4.69) is 0 Å². The van der Waals surface area contributed by atoms with E-state index < -0.39 is 10.0 Å². The predicted octanol–water partition coefficient (Wildman–Crippen LogP) is 1.75.